The lowest BCUT2D eigenvalue weighted by atomic mass is 10.1. The number of benzene rings is 1. The fourth-order valence-electron chi connectivity index (χ4n) is 2.65. The topological polar surface area (TPSA) is 84.1 Å². The Morgan fingerprint density at radius 3 is 2.90 bits per heavy atom. The van der Waals surface area contributed by atoms with Crippen molar-refractivity contribution in [1.82, 2.24) is 15.5 Å². The highest BCUT2D eigenvalue weighted by Gasteiger charge is 2.25. The second-order valence-corrected chi connectivity index (χ2v) is 5.26. The van der Waals surface area contributed by atoms with Gasteiger partial charge in [0.1, 0.15) is 0 Å². The van der Waals surface area contributed by atoms with Gasteiger partial charge in [0.2, 0.25) is 0 Å². The number of aromatic nitrogens is 2. The molecule has 3 rings (SSSR count). The molecule has 0 bridgehead atoms. The summed E-state index contributed by atoms with van der Waals surface area (Å²) in [6.45, 7) is 2.66. The summed E-state index contributed by atoms with van der Waals surface area (Å²) in [6, 6.07) is 6.85. The molecule has 21 heavy (non-hydrogen) atoms. The van der Waals surface area contributed by atoms with Crippen molar-refractivity contribution in [3.05, 3.63) is 40.3 Å². The van der Waals surface area contributed by atoms with E-state index >= 15 is 0 Å². The molecule has 2 aromatic rings. The predicted molar refractivity (Wildman–Crippen MR) is 78.3 cm³/mol. The van der Waals surface area contributed by atoms with Crippen molar-refractivity contribution in [2.75, 3.05) is 6.61 Å². The number of amides is 1. The predicted octanol–water partition coefficient (Wildman–Crippen LogP) is 1.22. The fourth-order valence-corrected chi connectivity index (χ4v) is 2.65. The number of carbonyl (C=O) groups excluding carboxylic acids is 1. The van der Waals surface area contributed by atoms with Gasteiger partial charge in [-0.05, 0) is 25.8 Å². The van der Waals surface area contributed by atoms with Crippen LogP contribution in [0.15, 0.2) is 29.1 Å². The normalized spacial score (nSPS) is 19.6. The summed E-state index contributed by atoms with van der Waals surface area (Å²) in [6.07, 6.45) is 2.01. The number of nitrogens with one attached hydrogen (secondary N) is 2. The highest BCUT2D eigenvalue weighted by atomic mass is 16.5. The van der Waals surface area contributed by atoms with Crippen molar-refractivity contribution in [2.24, 2.45) is 0 Å². The van der Waals surface area contributed by atoms with Gasteiger partial charge in [-0.15, -0.1) is 0 Å². The lowest BCUT2D eigenvalue weighted by Crippen LogP contribution is -2.41. The number of carbonyl (C=O) groups is 1. The van der Waals surface area contributed by atoms with Gasteiger partial charge in [-0.1, -0.05) is 18.2 Å². The molecule has 2 N–H and O–H groups in total. The Kier molecular flexibility index (Phi) is 3.70. The van der Waals surface area contributed by atoms with Crippen LogP contribution in [0.4, 0.5) is 0 Å². The molecular formula is C15H17N3O3. The third-order valence-corrected chi connectivity index (χ3v) is 3.79. The first-order valence-electron chi connectivity index (χ1n) is 7.06. The zero-order chi connectivity index (χ0) is 14.8. The quantitative estimate of drug-likeness (QED) is 0.889. The second-order valence-electron chi connectivity index (χ2n) is 5.26. The minimum Gasteiger partial charge on any atom is -0.376 e. The van der Waals surface area contributed by atoms with E-state index in [0.29, 0.717) is 10.8 Å². The van der Waals surface area contributed by atoms with Crippen LogP contribution in [0.3, 0.4) is 0 Å². The number of fused-ring (bicyclic) bond motifs is 1. The highest BCUT2D eigenvalue weighted by molar-refractivity contribution is 6.04. The number of hydrogen-bond acceptors (Lipinski definition) is 4. The largest absolute Gasteiger partial charge is 0.376 e. The Morgan fingerprint density at radius 1 is 1.43 bits per heavy atom. The van der Waals surface area contributed by atoms with Crippen molar-refractivity contribution in [1.29, 1.82) is 0 Å². The average molecular weight is 287 g/mol. The maximum Gasteiger partial charge on any atom is 0.272 e. The highest BCUT2D eigenvalue weighted by Crippen LogP contribution is 2.17. The third-order valence-electron chi connectivity index (χ3n) is 3.79. The van der Waals surface area contributed by atoms with Crippen molar-refractivity contribution in [3.8, 4) is 0 Å². The van der Waals surface area contributed by atoms with E-state index in [1.165, 1.54) is 0 Å². The Balaban J connectivity index is 1.88. The SMILES string of the molecule is C[C@@H](NC(=O)c1n[nH]c(=O)c2ccccc12)[C@H]1CCCO1. The lowest BCUT2D eigenvalue weighted by Gasteiger charge is -2.19. The Labute approximate surface area is 121 Å². The molecule has 2 atom stereocenters. The van der Waals surface area contributed by atoms with Crippen LogP contribution in [0.25, 0.3) is 10.8 Å². The zero-order valence-corrected chi connectivity index (χ0v) is 11.8. The van der Waals surface area contributed by atoms with Crippen LogP contribution in [0, 0.1) is 0 Å². The molecule has 0 saturated carbocycles. The number of aromatic amines is 1. The number of nitrogens with zero attached hydrogens (tertiary/aromatic N) is 1. The van der Waals surface area contributed by atoms with E-state index in [0.717, 1.165) is 19.4 Å². The van der Waals surface area contributed by atoms with Crippen molar-refractivity contribution in [3.63, 3.8) is 0 Å². The maximum absolute atomic E-state index is 12.4. The van der Waals surface area contributed by atoms with E-state index in [9.17, 15) is 9.59 Å². The van der Waals surface area contributed by atoms with Gasteiger partial charge < -0.3 is 10.1 Å². The molecule has 0 unspecified atom stereocenters. The van der Waals surface area contributed by atoms with E-state index < -0.39 is 0 Å². The van der Waals surface area contributed by atoms with Gasteiger partial charge >= 0.3 is 0 Å². The van der Waals surface area contributed by atoms with E-state index in [4.69, 9.17) is 4.74 Å². The molecule has 6 heteroatoms. The molecule has 1 aliphatic heterocycles. The Bertz CT molecular complexity index is 719. The van der Waals surface area contributed by atoms with Gasteiger partial charge in [-0.2, -0.15) is 5.10 Å². The van der Waals surface area contributed by atoms with Crippen molar-refractivity contribution in [2.45, 2.75) is 31.9 Å². The van der Waals surface area contributed by atoms with Crippen molar-refractivity contribution >= 4 is 16.7 Å². The van der Waals surface area contributed by atoms with E-state index in [-0.39, 0.29) is 29.3 Å². The zero-order valence-electron chi connectivity index (χ0n) is 11.8. The molecule has 0 spiro atoms. The molecule has 0 radical (unpaired) electrons. The smallest absolute Gasteiger partial charge is 0.272 e. The van der Waals surface area contributed by atoms with Crippen LogP contribution in [0.1, 0.15) is 30.3 Å². The monoisotopic (exact) mass is 287 g/mol. The summed E-state index contributed by atoms with van der Waals surface area (Å²) in [5.41, 5.74) is -0.0654. The van der Waals surface area contributed by atoms with Crippen LogP contribution < -0.4 is 10.9 Å². The number of rotatable bonds is 3. The maximum atomic E-state index is 12.4. The summed E-state index contributed by atoms with van der Waals surface area (Å²) >= 11 is 0. The molecule has 1 aromatic carbocycles. The summed E-state index contributed by atoms with van der Waals surface area (Å²) in [4.78, 5) is 24.1. The van der Waals surface area contributed by atoms with Crippen LogP contribution in [-0.4, -0.2) is 34.9 Å². The first-order valence-corrected chi connectivity index (χ1v) is 7.06. The van der Waals surface area contributed by atoms with E-state index in [2.05, 4.69) is 15.5 Å². The number of hydrogen-bond donors (Lipinski definition) is 2. The van der Waals surface area contributed by atoms with Gasteiger partial charge in [0, 0.05) is 12.0 Å². The molecule has 1 fully saturated rings. The van der Waals surface area contributed by atoms with E-state index in [1.807, 2.05) is 6.92 Å². The average Bonchev–Trinajstić information content (AvgIpc) is 3.02. The molecule has 1 aromatic heterocycles. The van der Waals surface area contributed by atoms with Crippen LogP contribution in [0.5, 0.6) is 0 Å². The van der Waals surface area contributed by atoms with Crippen LogP contribution in [0.2, 0.25) is 0 Å². The van der Waals surface area contributed by atoms with E-state index in [1.54, 1.807) is 24.3 Å². The summed E-state index contributed by atoms with van der Waals surface area (Å²) in [5, 5.41) is 10.2. The van der Waals surface area contributed by atoms with Gasteiger partial charge in [-0.25, -0.2) is 5.10 Å². The first-order chi connectivity index (χ1) is 10.2. The summed E-state index contributed by atoms with van der Waals surface area (Å²) in [7, 11) is 0. The van der Waals surface area contributed by atoms with Crippen LogP contribution >= 0.6 is 0 Å². The molecule has 110 valence electrons. The fraction of sp³-hybridized carbons (Fsp3) is 0.400. The van der Waals surface area contributed by atoms with Gasteiger partial charge in [-0.3, -0.25) is 9.59 Å². The first kappa shape index (κ1) is 13.8. The number of ether oxygens (including phenoxy) is 1. The lowest BCUT2D eigenvalue weighted by molar-refractivity contribution is 0.0710. The second kappa shape index (κ2) is 5.65. The summed E-state index contributed by atoms with van der Waals surface area (Å²) < 4.78 is 5.57. The molecule has 1 saturated heterocycles. The molecule has 1 amide bonds. The molecular weight excluding hydrogens is 270 g/mol. The van der Waals surface area contributed by atoms with Crippen molar-refractivity contribution < 1.29 is 9.53 Å². The third kappa shape index (κ3) is 2.67. The molecule has 2 heterocycles. The minimum absolute atomic E-state index is 0.0444. The standard InChI is InChI=1S/C15H17N3O3/c1-9(12-7-4-8-21-12)16-15(20)13-10-5-2-3-6-11(10)14(19)18-17-13/h2-3,5-6,9,12H,4,7-8H2,1H3,(H,16,20)(H,18,19)/t9-,12-/m1/s1. The van der Waals surface area contributed by atoms with Gasteiger partial charge in [0.25, 0.3) is 11.5 Å². The summed E-state index contributed by atoms with van der Waals surface area (Å²) in [5.74, 6) is -0.301. The Morgan fingerprint density at radius 2 is 2.19 bits per heavy atom. The minimum atomic E-state index is -0.301. The van der Waals surface area contributed by atoms with Gasteiger partial charge in [0.05, 0.1) is 17.5 Å². The molecule has 0 aliphatic carbocycles. The van der Waals surface area contributed by atoms with Crippen LogP contribution in [-0.2, 0) is 4.74 Å². The molecule has 1 aliphatic rings. The van der Waals surface area contributed by atoms with Gasteiger partial charge in [0.15, 0.2) is 5.69 Å². The number of H-pyrrole nitrogens is 1. The molecule has 6 nitrogen and oxygen atoms in total. The Hall–Kier alpha value is -2.21.